The molecule has 2 rings (SSSR count). The van der Waals surface area contributed by atoms with E-state index in [0.29, 0.717) is 15.2 Å². The predicted molar refractivity (Wildman–Crippen MR) is 84.8 cm³/mol. The first-order chi connectivity index (χ1) is 8.91. The van der Waals surface area contributed by atoms with Crippen molar-refractivity contribution in [3.63, 3.8) is 0 Å². The molecule has 3 nitrogen and oxygen atoms in total. The van der Waals surface area contributed by atoms with Crippen LogP contribution in [0.3, 0.4) is 0 Å². The van der Waals surface area contributed by atoms with Crippen molar-refractivity contribution in [2.75, 3.05) is 7.05 Å². The van der Waals surface area contributed by atoms with Crippen molar-refractivity contribution < 1.29 is 8.42 Å². The lowest BCUT2D eigenvalue weighted by atomic mass is 10.2. The highest BCUT2D eigenvalue weighted by molar-refractivity contribution is 9.10. The Balaban J connectivity index is 2.22. The Kier molecular flexibility index (Phi) is 4.84. The molecule has 7 heteroatoms. The van der Waals surface area contributed by atoms with Crippen molar-refractivity contribution in [3.8, 4) is 0 Å². The molecule has 0 saturated heterocycles. The molecule has 0 N–H and O–H groups in total. The maximum absolute atomic E-state index is 12.4. The second-order valence-electron chi connectivity index (χ2n) is 3.94. The van der Waals surface area contributed by atoms with E-state index in [4.69, 9.17) is 0 Å². The Hall–Kier alpha value is -0.210. The molecule has 2 aromatic rings. The molecule has 0 bridgehead atoms. The average Bonchev–Trinajstić information content (AvgIpc) is 2.79. The number of benzene rings is 1. The first kappa shape index (κ1) is 15.2. The summed E-state index contributed by atoms with van der Waals surface area (Å²) >= 11 is 7.83. The van der Waals surface area contributed by atoms with Gasteiger partial charge in [0.25, 0.3) is 10.0 Å². The van der Waals surface area contributed by atoms with Crippen LogP contribution in [-0.4, -0.2) is 19.8 Å². The molecule has 19 heavy (non-hydrogen) atoms. The summed E-state index contributed by atoms with van der Waals surface area (Å²) in [5.41, 5.74) is 0.946. The molecular formula is C12H11Br2NO2S2. The van der Waals surface area contributed by atoms with Crippen LogP contribution < -0.4 is 0 Å². The van der Waals surface area contributed by atoms with E-state index in [1.807, 2.05) is 24.3 Å². The van der Waals surface area contributed by atoms with Gasteiger partial charge in [0.2, 0.25) is 0 Å². The molecule has 0 aliphatic rings. The highest BCUT2D eigenvalue weighted by Crippen LogP contribution is 2.30. The van der Waals surface area contributed by atoms with Crippen LogP contribution in [0.25, 0.3) is 0 Å². The zero-order valence-corrected chi connectivity index (χ0v) is 14.8. The number of thiophene rings is 1. The maximum Gasteiger partial charge on any atom is 0.253 e. The van der Waals surface area contributed by atoms with Crippen LogP contribution in [0.5, 0.6) is 0 Å². The molecule has 0 spiro atoms. The van der Waals surface area contributed by atoms with Gasteiger partial charge in [-0.15, -0.1) is 11.3 Å². The van der Waals surface area contributed by atoms with Crippen LogP contribution in [-0.2, 0) is 16.6 Å². The maximum atomic E-state index is 12.4. The van der Waals surface area contributed by atoms with Gasteiger partial charge in [-0.05, 0) is 45.1 Å². The van der Waals surface area contributed by atoms with E-state index >= 15 is 0 Å². The molecule has 1 aromatic carbocycles. The van der Waals surface area contributed by atoms with Gasteiger partial charge in [0.05, 0.1) is 0 Å². The molecule has 0 atom stereocenters. The standard InChI is InChI=1S/C12H11Br2NO2S2/c1-15(8-9-2-4-10(13)5-3-9)19(16,17)12-11(14)6-7-18-12/h2-7H,8H2,1H3. The summed E-state index contributed by atoms with van der Waals surface area (Å²) in [7, 11) is -1.85. The van der Waals surface area contributed by atoms with Crippen LogP contribution in [0.4, 0.5) is 0 Å². The molecule has 0 amide bonds. The minimum absolute atomic E-state index is 0.340. The third-order valence-electron chi connectivity index (χ3n) is 2.55. The second kappa shape index (κ2) is 6.05. The second-order valence-corrected chi connectivity index (χ2v) is 8.87. The van der Waals surface area contributed by atoms with E-state index < -0.39 is 10.0 Å². The fourth-order valence-corrected chi connectivity index (χ4v) is 5.46. The number of hydrogen-bond acceptors (Lipinski definition) is 3. The van der Waals surface area contributed by atoms with Gasteiger partial charge >= 0.3 is 0 Å². The van der Waals surface area contributed by atoms with E-state index in [9.17, 15) is 8.42 Å². The minimum Gasteiger partial charge on any atom is -0.206 e. The van der Waals surface area contributed by atoms with Crippen LogP contribution in [0.15, 0.2) is 48.9 Å². The summed E-state index contributed by atoms with van der Waals surface area (Å²) in [5, 5.41) is 1.75. The van der Waals surface area contributed by atoms with E-state index in [0.717, 1.165) is 10.0 Å². The van der Waals surface area contributed by atoms with E-state index in [-0.39, 0.29) is 0 Å². The van der Waals surface area contributed by atoms with E-state index in [1.165, 1.54) is 15.6 Å². The molecular weight excluding hydrogens is 414 g/mol. The van der Waals surface area contributed by atoms with Crippen LogP contribution >= 0.6 is 43.2 Å². The number of hydrogen-bond donors (Lipinski definition) is 0. The smallest absolute Gasteiger partial charge is 0.206 e. The molecule has 0 aliphatic heterocycles. The molecule has 0 aliphatic carbocycles. The Morgan fingerprint density at radius 2 is 1.79 bits per heavy atom. The summed E-state index contributed by atoms with van der Waals surface area (Å²) in [4.78, 5) is 0. The predicted octanol–water partition coefficient (Wildman–Crippen LogP) is 4.09. The van der Waals surface area contributed by atoms with Crippen LogP contribution in [0, 0.1) is 0 Å². The molecule has 102 valence electrons. The first-order valence-electron chi connectivity index (χ1n) is 5.35. The summed E-state index contributed by atoms with van der Waals surface area (Å²) in [6.07, 6.45) is 0. The Bertz CT molecular complexity index is 665. The largest absolute Gasteiger partial charge is 0.253 e. The first-order valence-corrected chi connectivity index (χ1v) is 9.25. The Morgan fingerprint density at radius 1 is 1.16 bits per heavy atom. The molecule has 1 aromatic heterocycles. The summed E-state index contributed by atoms with van der Waals surface area (Å²) < 4.78 is 28.0. The third kappa shape index (κ3) is 3.46. The fraction of sp³-hybridized carbons (Fsp3) is 0.167. The molecule has 0 unspecified atom stereocenters. The highest BCUT2D eigenvalue weighted by Gasteiger charge is 2.24. The van der Waals surface area contributed by atoms with Crippen molar-refractivity contribution in [2.45, 2.75) is 10.8 Å². The Labute approximate surface area is 133 Å². The molecule has 1 heterocycles. The summed E-state index contributed by atoms with van der Waals surface area (Å²) in [6, 6.07) is 9.35. The van der Waals surface area contributed by atoms with E-state index in [1.54, 1.807) is 18.5 Å². The van der Waals surface area contributed by atoms with Gasteiger partial charge in [-0.2, -0.15) is 4.31 Å². The van der Waals surface area contributed by atoms with Crippen molar-refractivity contribution in [1.29, 1.82) is 0 Å². The third-order valence-corrected chi connectivity index (χ3v) is 7.53. The topological polar surface area (TPSA) is 37.4 Å². The van der Waals surface area contributed by atoms with Gasteiger partial charge in [0.1, 0.15) is 4.21 Å². The number of halogens is 2. The van der Waals surface area contributed by atoms with Crippen LogP contribution in [0.1, 0.15) is 5.56 Å². The van der Waals surface area contributed by atoms with Gasteiger partial charge in [-0.1, -0.05) is 28.1 Å². The van der Waals surface area contributed by atoms with Gasteiger partial charge in [0.15, 0.2) is 0 Å². The van der Waals surface area contributed by atoms with Gasteiger partial charge in [-0.3, -0.25) is 0 Å². The van der Waals surface area contributed by atoms with Gasteiger partial charge in [-0.25, -0.2) is 8.42 Å². The van der Waals surface area contributed by atoms with Crippen LogP contribution in [0.2, 0.25) is 0 Å². The van der Waals surface area contributed by atoms with Crippen molar-refractivity contribution in [1.82, 2.24) is 4.31 Å². The average molecular weight is 425 g/mol. The lowest BCUT2D eigenvalue weighted by Gasteiger charge is -2.16. The molecule has 0 radical (unpaired) electrons. The highest BCUT2D eigenvalue weighted by atomic mass is 79.9. The number of sulfonamides is 1. The molecule has 0 saturated carbocycles. The summed E-state index contributed by atoms with van der Waals surface area (Å²) in [6.45, 7) is 0.347. The Morgan fingerprint density at radius 3 is 2.32 bits per heavy atom. The monoisotopic (exact) mass is 423 g/mol. The zero-order chi connectivity index (χ0) is 14.0. The normalized spacial score (nSPS) is 12.0. The lowest BCUT2D eigenvalue weighted by Crippen LogP contribution is -2.26. The number of nitrogens with zero attached hydrogens (tertiary/aromatic N) is 1. The zero-order valence-electron chi connectivity index (χ0n) is 10.0. The van der Waals surface area contributed by atoms with Gasteiger partial charge in [0, 0.05) is 22.5 Å². The lowest BCUT2D eigenvalue weighted by molar-refractivity contribution is 0.468. The van der Waals surface area contributed by atoms with E-state index in [2.05, 4.69) is 31.9 Å². The summed E-state index contributed by atoms with van der Waals surface area (Å²) in [5.74, 6) is 0. The van der Waals surface area contributed by atoms with Crippen molar-refractivity contribution in [3.05, 3.63) is 50.2 Å². The molecule has 0 fully saturated rings. The number of rotatable bonds is 4. The van der Waals surface area contributed by atoms with Gasteiger partial charge < -0.3 is 0 Å². The van der Waals surface area contributed by atoms with Crippen molar-refractivity contribution >= 4 is 53.2 Å². The minimum atomic E-state index is -3.44. The fourth-order valence-electron chi connectivity index (χ4n) is 1.54. The SMILES string of the molecule is CN(Cc1ccc(Br)cc1)S(=O)(=O)c1sccc1Br. The van der Waals surface area contributed by atoms with Crippen molar-refractivity contribution in [2.24, 2.45) is 0 Å². The quantitative estimate of drug-likeness (QED) is 0.740.